The van der Waals surface area contributed by atoms with E-state index >= 15 is 0 Å². The van der Waals surface area contributed by atoms with Crippen LogP contribution in [0.1, 0.15) is 18.2 Å². The summed E-state index contributed by atoms with van der Waals surface area (Å²) in [6.45, 7) is 1.35. The van der Waals surface area contributed by atoms with Gasteiger partial charge in [0.05, 0.1) is 19.5 Å². The van der Waals surface area contributed by atoms with Crippen LogP contribution in [0.3, 0.4) is 0 Å². The molecule has 0 spiro atoms. The van der Waals surface area contributed by atoms with Gasteiger partial charge in [-0.3, -0.25) is 9.59 Å². The van der Waals surface area contributed by atoms with Gasteiger partial charge in [-0.05, 0) is 35.3 Å². The fraction of sp³-hybridized carbons (Fsp3) is 0.333. The Bertz CT molecular complexity index is 908. The average molecular weight is 415 g/mol. The molecular weight excluding hydrogens is 394 g/mol. The van der Waals surface area contributed by atoms with Gasteiger partial charge in [0.2, 0.25) is 11.8 Å². The van der Waals surface area contributed by atoms with E-state index in [0.717, 1.165) is 5.56 Å². The highest BCUT2D eigenvalue weighted by molar-refractivity contribution is 5.91. The number of hydrogen-bond donors (Lipinski definition) is 3. The Morgan fingerprint density at radius 3 is 2.60 bits per heavy atom. The molecule has 2 unspecified atom stereocenters. The van der Waals surface area contributed by atoms with Crippen LogP contribution in [0.15, 0.2) is 41.9 Å². The molecule has 1 heterocycles. The quantitative estimate of drug-likeness (QED) is 0.319. The molecule has 3 N–H and O–H groups in total. The summed E-state index contributed by atoms with van der Waals surface area (Å²) >= 11 is 0. The van der Waals surface area contributed by atoms with Crippen molar-refractivity contribution in [1.82, 2.24) is 20.6 Å². The van der Waals surface area contributed by atoms with E-state index in [2.05, 4.69) is 30.6 Å². The number of nitrogens with one attached hydrogen (secondary N) is 3. The number of benzene rings is 1. The molecule has 0 radical (unpaired) electrons. The molecule has 12 nitrogen and oxygen atoms in total. The lowest BCUT2D eigenvalue weighted by atomic mass is 10.1. The van der Waals surface area contributed by atoms with Crippen LogP contribution < -0.4 is 15.4 Å². The summed E-state index contributed by atoms with van der Waals surface area (Å²) < 4.78 is 10.2. The second-order valence-electron chi connectivity index (χ2n) is 6.16. The number of hydrogen-bond acceptors (Lipinski definition) is 6. The number of carbonyl (C=O) groups is 3. The van der Waals surface area contributed by atoms with Crippen molar-refractivity contribution in [2.75, 3.05) is 7.11 Å². The normalized spacial score (nSPS) is 12.1. The van der Waals surface area contributed by atoms with Crippen molar-refractivity contribution in [2.45, 2.75) is 32.0 Å². The molecule has 0 aliphatic rings. The molecule has 3 amide bonds. The fourth-order valence-corrected chi connectivity index (χ4v) is 2.39. The molecule has 2 atom stereocenters. The summed E-state index contributed by atoms with van der Waals surface area (Å²) in [5, 5.41) is 7.80. The maximum Gasteiger partial charge on any atom is 0.408 e. The fourth-order valence-electron chi connectivity index (χ4n) is 2.39. The number of alkyl carbamates (subject to hydrolysis) is 1. The molecule has 0 aliphatic heterocycles. The average Bonchev–Trinajstić information content (AvgIpc) is 3.25. The number of imidazole rings is 1. The lowest BCUT2D eigenvalue weighted by Gasteiger charge is -2.19. The number of H-pyrrole nitrogens is 1. The predicted molar refractivity (Wildman–Crippen MR) is 104 cm³/mol. The standard InChI is InChI=1S/C18H21N7O5/c1-11(16(26)24-25-19)22-17(27)15(7-13-8-20-10-21-13)23-18(28)30-9-12-3-5-14(29-2)6-4-12/h3-6,8,10-11,15H,7,9H2,1-2H3,(H,20,21)(H,22,27)(H,23,28). The van der Waals surface area contributed by atoms with Crippen LogP contribution in [0.2, 0.25) is 0 Å². The van der Waals surface area contributed by atoms with Gasteiger partial charge >= 0.3 is 6.09 Å². The number of rotatable bonds is 9. The molecule has 0 saturated heterocycles. The topological polar surface area (TPSA) is 171 Å². The van der Waals surface area contributed by atoms with Crippen molar-refractivity contribution >= 4 is 17.9 Å². The van der Waals surface area contributed by atoms with E-state index < -0.39 is 30.0 Å². The smallest absolute Gasteiger partial charge is 0.408 e. The van der Waals surface area contributed by atoms with Crippen LogP contribution >= 0.6 is 0 Å². The second-order valence-corrected chi connectivity index (χ2v) is 6.16. The molecule has 0 bridgehead atoms. The van der Waals surface area contributed by atoms with Crippen molar-refractivity contribution < 1.29 is 23.9 Å². The molecular formula is C18H21N7O5. The van der Waals surface area contributed by atoms with Crippen LogP contribution in [0.25, 0.3) is 10.4 Å². The molecule has 12 heteroatoms. The molecule has 0 fully saturated rings. The Labute approximate surface area is 171 Å². The molecule has 1 aromatic carbocycles. The van der Waals surface area contributed by atoms with E-state index in [1.165, 1.54) is 19.4 Å². The molecule has 0 aliphatic carbocycles. The number of carbonyl (C=O) groups excluding carboxylic acids is 3. The minimum Gasteiger partial charge on any atom is -0.497 e. The highest BCUT2D eigenvalue weighted by Crippen LogP contribution is 2.12. The molecule has 0 saturated carbocycles. The zero-order valence-electron chi connectivity index (χ0n) is 16.4. The third-order valence-electron chi connectivity index (χ3n) is 3.99. The van der Waals surface area contributed by atoms with Gasteiger partial charge in [0, 0.05) is 23.2 Å². The highest BCUT2D eigenvalue weighted by Gasteiger charge is 2.25. The lowest BCUT2D eigenvalue weighted by Crippen LogP contribution is -2.51. The van der Waals surface area contributed by atoms with E-state index in [1.54, 1.807) is 31.4 Å². The molecule has 30 heavy (non-hydrogen) atoms. The third kappa shape index (κ3) is 6.84. The zero-order valence-corrected chi connectivity index (χ0v) is 16.4. The van der Waals surface area contributed by atoms with E-state index in [-0.39, 0.29) is 13.0 Å². The largest absolute Gasteiger partial charge is 0.497 e. The molecule has 1 aromatic heterocycles. The number of methoxy groups -OCH3 is 1. The van der Waals surface area contributed by atoms with Gasteiger partial charge in [-0.15, -0.1) is 0 Å². The summed E-state index contributed by atoms with van der Waals surface area (Å²) in [4.78, 5) is 45.4. The number of aromatic nitrogens is 2. The number of aromatic amines is 1. The Balaban J connectivity index is 1.98. The van der Waals surface area contributed by atoms with Crippen LogP contribution in [0.5, 0.6) is 5.75 Å². The lowest BCUT2D eigenvalue weighted by molar-refractivity contribution is -0.128. The highest BCUT2D eigenvalue weighted by atomic mass is 16.5. The minimum atomic E-state index is -1.06. The Morgan fingerprint density at radius 1 is 1.27 bits per heavy atom. The first-order valence-corrected chi connectivity index (χ1v) is 8.85. The maximum atomic E-state index is 12.6. The monoisotopic (exact) mass is 415 g/mol. The summed E-state index contributed by atoms with van der Waals surface area (Å²) in [6.07, 6.45) is 2.19. The van der Waals surface area contributed by atoms with E-state index in [9.17, 15) is 14.4 Å². The van der Waals surface area contributed by atoms with Gasteiger partial charge in [-0.1, -0.05) is 12.1 Å². The van der Waals surface area contributed by atoms with Crippen molar-refractivity contribution in [3.05, 3.63) is 58.5 Å². The summed E-state index contributed by atoms with van der Waals surface area (Å²) in [5.74, 6) is -0.836. The molecule has 2 rings (SSSR count). The number of ether oxygens (including phenoxy) is 2. The minimum absolute atomic E-state index is 0.0139. The SMILES string of the molecule is COc1ccc(COC(=O)NC(Cc2cnc[nH]2)C(=O)NC(C)C(=O)N=[N+]=[N-])cc1. The summed E-state index contributed by atoms with van der Waals surface area (Å²) in [6, 6.07) is 4.82. The second kappa shape index (κ2) is 11.1. The number of nitrogens with zero attached hydrogens (tertiary/aromatic N) is 4. The van der Waals surface area contributed by atoms with Crippen LogP contribution in [0.4, 0.5) is 4.79 Å². The number of amides is 3. The first kappa shape index (κ1) is 22.2. The Kier molecular flexibility index (Phi) is 8.21. The predicted octanol–water partition coefficient (Wildman–Crippen LogP) is 1.60. The maximum absolute atomic E-state index is 12.6. The van der Waals surface area contributed by atoms with Crippen molar-refractivity contribution in [3.63, 3.8) is 0 Å². The van der Waals surface area contributed by atoms with E-state index in [4.69, 9.17) is 15.0 Å². The summed E-state index contributed by atoms with van der Waals surface area (Å²) in [7, 11) is 1.55. The Morgan fingerprint density at radius 2 is 2.00 bits per heavy atom. The third-order valence-corrected chi connectivity index (χ3v) is 3.99. The van der Waals surface area contributed by atoms with Gasteiger partial charge < -0.3 is 25.1 Å². The number of azide groups is 1. The zero-order chi connectivity index (χ0) is 21.9. The first-order valence-electron chi connectivity index (χ1n) is 8.85. The van der Waals surface area contributed by atoms with Gasteiger partial charge in [0.15, 0.2) is 0 Å². The molecule has 2 aromatic rings. The van der Waals surface area contributed by atoms with Crippen molar-refractivity contribution in [1.29, 1.82) is 0 Å². The van der Waals surface area contributed by atoms with Crippen molar-refractivity contribution in [2.24, 2.45) is 5.11 Å². The first-order chi connectivity index (χ1) is 14.4. The Hall–Kier alpha value is -4.05. The van der Waals surface area contributed by atoms with Crippen LogP contribution in [0, 0.1) is 0 Å². The van der Waals surface area contributed by atoms with Gasteiger partial charge in [-0.25, -0.2) is 9.78 Å². The van der Waals surface area contributed by atoms with Gasteiger partial charge in [0.1, 0.15) is 18.4 Å². The van der Waals surface area contributed by atoms with Gasteiger partial charge in [-0.2, -0.15) is 0 Å². The van der Waals surface area contributed by atoms with Gasteiger partial charge in [0.25, 0.3) is 0 Å². The summed E-state index contributed by atoms with van der Waals surface area (Å²) in [5.41, 5.74) is 9.65. The van der Waals surface area contributed by atoms with Crippen molar-refractivity contribution in [3.8, 4) is 5.75 Å². The molecule has 158 valence electrons. The van der Waals surface area contributed by atoms with E-state index in [1.807, 2.05) is 0 Å². The van der Waals surface area contributed by atoms with Crippen LogP contribution in [-0.2, 0) is 27.4 Å². The van der Waals surface area contributed by atoms with Crippen LogP contribution in [-0.4, -0.2) is 47.1 Å². The van der Waals surface area contributed by atoms with E-state index in [0.29, 0.717) is 11.4 Å².